The number of piperazine rings is 1. The normalized spacial score (nSPS) is 14.2. The number of hydrogen-bond donors (Lipinski definition) is 1. The molecule has 9 heteroatoms. The Morgan fingerprint density at radius 3 is 2.55 bits per heavy atom. The van der Waals surface area contributed by atoms with Crippen molar-refractivity contribution in [2.45, 2.75) is 13.8 Å². The van der Waals surface area contributed by atoms with Gasteiger partial charge in [0.05, 0.1) is 5.69 Å². The molecule has 1 aliphatic heterocycles. The van der Waals surface area contributed by atoms with E-state index in [9.17, 15) is 4.79 Å². The second-order valence-corrected chi connectivity index (χ2v) is 7.36. The molecule has 0 aliphatic carbocycles. The highest BCUT2D eigenvalue weighted by Crippen LogP contribution is 2.23. The molecule has 29 heavy (non-hydrogen) atoms. The summed E-state index contributed by atoms with van der Waals surface area (Å²) in [5.74, 6) is 1.55. The summed E-state index contributed by atoms with van der Waals surface area (Å²) >= 11 is 6.14. The smallest absolute Gasteiger partial charge is 0.321 e. The van der Waals surface area contributed by atoms with Crippen molar-refractivity contribution in [2.75, 3.05) is 36.4 Å². The molecule has 0 spiro atoms. The van der Waals surface area contributed by atoms with E-state index in [-0.39, 0.29) is 6.03 Å². The van der Waals surface area contributed by atoms with Gasteiger partial charge in [0.1, 0.15) is 12.1 Å². The molecule has 1 saturated heterocycles. The zero-order valence-electron chi connectivity index (χ0n) is 16.3. The summed E-state index contributed by atoms with van der Waals surface area (Å²) in [4.78, 5) is 25.3. The van der Waals surface area contributed by atoms with Gasteiger partial charge in [0.2, 0.25) is 0 Å². The standard InChI is InChI=1S/C20H22ClN7O/c1-14-6-7-28(25-14)19-12-18(22-13-23-19)26-8-10-27(11-9-26)20(29)24-17-5-3-4-16(21)15(17)2/h3-7,12-13H,8-11H2,1-2H3,(H,24,29). The Balaban J connectivity index is 1.39. The third kappa shape index (κ3) is 4.17. The van der Waals surface area contributed by atoms with Gasteiger partial charge in [-0.25, -0.2) is 19.4 Å². The van der Waals surface area contributed by atoms with Crippen LogP contribution in [0.3, 0.4) is 0 Å². The van der Waals surface area contributed by atoms with E-state index in [1.807, 2.05) is 50.4 Å². The molecular weight excluding hydrogens is 390 g/mol. The first-order chi connectivity index (χ1) is 14.0. The van der Waals surface area contributed by atoms with Gasteiger partial charge in [-0.1, -0.05) is 17.7 Å². The van der Waals surface area contributed by atoms with Crippen LogP contribution in [0.4, 0.5) is 16.3 Å². The van der Waals surface area contributed by atoms with E-state index < -0.39 is 0 Å². The van der Waals surface area contributed by atoms with Crippen LogP contribution in [0.5, 0.6) is 0 Å². The highest BCUT2D eigenvalue weighted by Gasteiger charge is 2.23. The summed E-state index contributed by atoms with van der Waals surface area (Å²) in [5, 5.41) is 7.99. The maximum absolute atomic E-state index is 12.6. The van der Waals surface area contributed by atoms with E-state index >= 15 is 0 Å². The van der Waals surface area contributed by atoms with Crippen LogP contribution in [0, 0.1) is 13.8 Å². The molecule has 0 unspecified atom stereocenters. The minimum Gasteiger partial charge on any atom is -0.353 e. The number of anilines is 2. The molecule has 1 aliphatic rings. The van der Waals surface area contributed by atoms with Crippen LogP contribution >= 0.6 is 11.6 Å². The van der Waals surface area contributed by atoms with Crippen LogP contribution in [-0.2, 0) is 0 Å². The Morgan fingerprint density at radius 2 is 1.83 bits per heavy atom. The van der Waals surface area contributed by atoms with E-state index in [1.54, 1.807) is 15.9 Å². The van der Waals surface area contributed by atoms with E-state index in [4.69, 9.17) is 11.6 Å². The number of aromatic nitrogens is 4. The second-order valence-electron chi connectivity index (χ2n) is 6.95. The molecule has 150 valence electrons. The van der Waals surface area contributed by atoms with Gasteiger partial charge in [0, 0.05) is 49.2 Å². The summed E-state index contributed by atoms with van der Waals surface area (Å²) in [6.07, 6.45) is 3.42. The molecule has 8 nitrogen and oxygen atoms in total. The fourth-order valence-electron chi connectivity index (χ4n) is 3.25. The SMILES string of the molecule is Cc1ccn(-c2cc(N3CCN(C(=O)Nc4cccc(Cl)c4C)CC3)ncn2)n1. The summed E-state index contributed by atoms with van der Waals surface area (Å²) < 4.78 is 1.73. The lowest BCUT2D eigenvalue weighted by Gasteiger charge is -2.35. The summed E-state index contributed by atoms with van der Waals surface area (Å²) in [6.45, 7) is 6.42. The average molecular weight is 412 g/mol. The summed E-state index contributed by atoms with van der Waals surface area (Å²) in [5.41, 5.74) is 2.53. The third-order valence-corrected chi connectivity index (χ3v) is 5.40. The minimum atomic E-state index is -0.120. The summed E-state index contributed by atoms with van der Waals surface area (Å²) in [7, 11) is 0. The van der Waals surface area contributed by atoms with Crippen molar-refractivity contribution in [1.82, 2.24) is 24.6 Å². The number of halogens is 1. The van der Waals surface area contributed by atoms with Gasteiger partial charge in [0.25, 0.3) is 0 Å². The van der Waals surface area contributed by atoms with Crippen LogP contribution in [0.15, 0.2) is 42.9 Å². The molecule has 0 radical (unpaired) electrons. The number of nitrogens with zero attached hydrogens (tertiary/aromatic N) is 6. The van der Waals surface area contributed by atoms with Crippen molar-refractivity contribution in [2.24, 2.45) is 0 Å². The van der Waals surface area contributed by atoms with Crippen molar-refractivity contribution < 1.29 is 4.79 Å². The third-order valence-electron chi connectivity index (χ3n) is 5.00. The number of nitrogens with one attached hydrogen (secondary N) is 1. The Morgan fingerprint density at radius 1 is 1.07 bits per heavy atom. The van der Waals surface area contributed by atoms with Gasteiger partial charge in [-0.05, 0) is 37.6 Å². The lowest BCUT2D eigenvalue weighted by molar-refractivity contribution is 0.208. The zero-order chi connectivity index (χ0) is 20.4. The molecule has 2 aromatic heterocycles. The predicted molar refractivity (Wildman–Crippen MR) is 113 cm³/mol. The highest BCUT2D eigenvalue weighted by atomic mass is 35.5. The first-order valence-corrected chi connectivity index (χ1v) is 9.80. The molecule has 2 amide bonds. The number of urea groups is 1. The van der Waals surface area contributed by atoms with Gasteiger partial charge < -0.3 is 15.1 Å². The number of hydrogen-bond acceptors (Lipinski definition) is 5. The summed E-state index contributed by atoms with van der Waals surface area (Å²) in [6, 6.07) is 9.22. The molecular formula is C20H22ClN7O. The second kappa shape index (κ2) is 8.08. The molecule has 1 aromatic carbocycles. The van der Waals surface area contributed by atoms with E-state index in [1.165, 1.54) is 0 Å². The molecule has 4 rings (SSSR count). The molecule has 1 fully saturated rings. The topological polar surface area (TPSA) is 79.2 Å². The van der Waals surface area contributed by atoms with E-state index in [0.717, 1.165) is 28.6 Å². The first-order valence-electron chi connectivity index (χ1n) is 9.42. The van der Waals surface area contributed by atoms with Crippen molar-refractivity contribution in [3.05, 3.63) is 59.1 Å². The zero-order valence-corrected chi connectivity index (χ0v) is 17.1. The van der Waals surface area contributed by atoms with E-state index in [2.05, 4.69) is 25.3 Å². The number of benzene rings is 1. The van der Waals surface area contributed by atoms with Crippen molar-refractivity contribution in [3.63, 3.8) is 0 Å². The molecule has 0 bridgehead atoms. The quantitative estimate of drug-likeness (QED) is 0.715. The lowest BCUT2D eigenvalue weighted by atomic mass is 10.2. The van der Waals surface area contributed by atoms with Gasteiger partial charge in [-0.2, -0.15) is 5.10 Å². The van der Waals surface area contributed by atoms with Crippen LogP contribution in [-0.4, -0.2) is 56.9 Å². The van der Waals surface area contributed by atoms with Crippen LogP contribution in [0.25, 0.3) is 5.82 Å². The highest BCUT2D eigenvalue weighted by molar-refractivity contribution is 6.31. The molecule has 3 heterocycles. The van der Waals surface area contributed by atoms with Gasteiger partial charge in [0.15, 0.2) is 5.82 Å². The Labute approximate surface area is 174 Å². The number of carbonyl (C=O) groups excluding carboxylic acids is 1. The van der Waals surface area contributed by atoms with E-state index in [0.29, 0.717) is 31.2 Å². The Kier molecular flexibility index (Phi) is 5.35. The monoisotopic (exact) mass is 411 g/mol. The lowest BCUT2D eigenvalue weighted by Crippen LogP contribution is -2.50. The number of amides is 2. The maximum Gasteiger partial charge on any atom is 0.321 e. The molecule has 3 aromatic rings. The largest absolute Gasteiger partial charge is 0.353 e. The van der Waals surface area contributed by atoms with Gasteiger partial charge in [-0.3, -0.25) is 0 Å². The number of rotatable bonds is 3. The number of aryl methyl sites for hydroxylation is 1. The molecule has 1 N–H and O–H groups in total. The van der Waals surface area contributed by atoms with Crippen LogP contribution < -0.4 is 10.2 Å². The minimum absolute atomic E-state index is 0.120. The maximum atomic E-state index is 12.6. The Bertz CT molecular complexity index is 1030. The van der Waals surface area contributed by atoms with Gasteiger partial charge >= 0.3 is 6.03 Å². The molecule has 0 saturated carbocycles. The fraction of sp³-hybridized carbons (Fsp3) is 0.300. The number of carbonyl (C=O) groups is 1. The fourth-order valence-corrected chi connectivity index (χ4v) is 3.43. The van der Waals surface area contributed by atoms with Crippen LogP contribution in [0.2, 0.25) is 5.02 Å². The van der Waals surface area contributed by atoms with Crippen molar-refractivity contribution >= 4 is 29.1 Å². The average Bonchev–Trinajstić information content (AvgIpc) is 3.18. The Hall–Kier alpha value is -3.13. The van der Waals surface area contributed by atoms with Crippen LogP contribution in [0.1, 0.15) is 11.3 Å². The molecule has 0 atom stereocenters. The van der Waals surface area contributed by atoms with Crippen molar-refractivity contribution in [1.29, 1.82) is 0 Å². The first kappa shape index (κ1) is 19.2. The van der Waals surface area contributed by atoms with Gasteiger partial charge in [-0.15, -0.1) is 0 Å². The van der Waals surface area contributed by atoms with Crippen molar-refractivity contribution in [3.8, 4) is 5.82 Å². The predicted octanol–water partition coefficient (Wildman–Crippen LogP) is 3.29.